The Hall–Kier alpha value is -3.80. The SMILES string of the molecule is Cc1ccc2c(COC(=O)c3occc3COc3ccccc3)cc(=O)oc2c1. The molecule has 0 amide bonds. The number of hydrogen-bond acceptors (Lipinski definition) is 6. The first kappa shape index (κ1) is 18.6. The highest BCUT2D eigenvalue weighted by Crippen LogP contribution is 2.21. The molecule has 2 heterocycles. The van der Waals surface area contributed by atoms with Crippen molar-refractivity contribution in [3.63, 3.8) is 0 Å². The molecule has 0 bridgehead atoms. The fourth-order valence-corrected chi connectivity index (χ4v) is 2.97. The molecule has 0 unspecified atom stereocenters. The van der Waals surface area contributed by atoms with Crippen LogP contribution >= 0.6 is 0 Å². The number of carbonyl (C=O) groups is 1. The number of benzene rings is 2. The molecule has 2 aromatic heterocycles. The monoisotopic (exact) mass is 390 g/mol. The average molecular weight is 390 g/mol. The lowest BCUT2D eigenvalue weighted by molar-refractivity contribution is 0.0433. The van der Waals surface area contributed by atoms with E-state index in [9.17, 15) is 9.59 Å². The summed E-state index contributed by atoms with van der Waals surface area (Å²) in [6.07, 6.45) is 1.41. The van der Waals surface area contributed by atoms with E-state index in [1.165, 1.54) is 12.3 Å². The molecule has 146 valence electrons. The van der Waals surface area contributed by atoms with Gasteiger partial charge in [0, 0.05) is 22.6 Å². The second-order valence-corrected chi connectivity index (χ2v) is 6.54. The maximum atomic E-state index is 12.5. The Kier molecular flexibility index (Phi) is 5.16. The van der Waals surface area contributed by atoms with Gasteiger partial charge in [-0.05, 0) is 36.8 Å². The summed E-state index contributed by atoms with van der Waals surface area (Å²) in [5, 5.41) is 0.718. The van der Waals surface area contributed by atoms with Crippen LogP contribution in [0.3, 0.4) is 0 Å². The van der Waals surface area contributed by atoms with Crippen molar-refractivity contribution < 1.29 is 23.1 Å². The van der Waals surface area contributed by atoms with Gasteiger partial charge in [0.25, 0.3) is 0 Å². The maximum absolute atomic E-state index is 12.5. The maximum Gasteiger partial charge on any atom is 0.374 e. The normalized spacial score (nSPS) is 10.8. The van der Waals surface area contributed by atoms with Gasteiger partial charge >= 0.3 is 11.6 Å². The number of ether oxygens (including phenoxy) is 2. The van der Waals surface area contributed by atoms with Crippen molar-refractivity contribution in [3.05, 3.63) is 99.8 Å². The number of para-hydroxylation sites is 1. The van der Waals surface area contributed by atoms with Crippen LogP contribution in [0, 0.1) is 6.92 Å². The highest BCUT2D eigenvalue weighted by molar-refractivity contribution is 5.88. The molecule has 0 saturated carbocycles. The van der Waals surface area contributed by atoms with Crippen LogP contribution in [0.25, 0.3) is 11.0 Å². The molecule has 2 aromatic carbocycles. The van der Waals surface area contributed by atoms with E-state index < -0.39 is 11.6 Å². The van der Waals surface area contributed by atoms with E-state index in [2.05, 4.69) is 0 Å². The number of carbonyl (C=O) groups excluding carboxylic acids is 1. The van der Waals surface area contributed by atoms with Crippen LogP contribution in [0.5, 0.6) is 5.75 Å². The van der Waals surface area contributed by atoms with Gasteiger partial charge in [-0.2, -0.15) is 0 Å². The summed E-state index contributed by atoms with van der Waals surface area (Å²) in [5.74, 6) is 0.130. The minimum absolute atomic E-state index is 0.0732. The molecule has 0 aliphatic rings. The Labute approximate surface area is 166 Å². The molecule has 0 radical (unpaired) electrons. The molecule has 29 heavy (non-hydrogen) atoms. The Morgan fingerprint density at radius 2 is 1.79 bits per heavy atom. The third kappa shape index (κ3) is 4.21. The number of furan rings is 1. The fourth-order valence-electron chi connectivity index (χ4n) is 2.97. The first-order valence-corrected chi connectivity index (χ1v) is 9.05. The molecule has 0 saturated heterocycles. The molecular formula is C23H18O6. The lowest BCUT2D eigenvalue weighted by Gasteiger charge is -2.08. The first-order valence-electron chi connectivity index (χ1n) is 9.05. The third-order valence-corrected chi connectivity index (χ3v) is 4.41. The standard InChI is InChI=1S/C23H18O6/c1-15-7-8-19-17(12-21(24)29-20(19)11-15)14-28-23(25)22-16(9-10-26-22)13-27-18-5-3-2-4-6-18/h2-12H,13-14H2,1H3. The van der Waals surface area contributed by atoms with Gasteiger partial charge in [0.05, 0.1) is 6.26 Å². The molecule has 0 N–H and O–H groups in total. The second kappa shape index (κ2) is 8.06. The van der Waals surface area contributed by atoms with Gasteiger partial charge in [0.1, 0.15) is 24.5 Å². The van der Waals surface area contributed by atoms with E-state index in [1.54, 1.807) is 12.1 Å². The van der Waals surface area contributed by atoms with E-state index in [0.717, 1.165) is 10.9 Å². The Morgan fingerprint density at radius 1 is 0.966 bits per heavy atom. The zero-order valence-electron chi connectivity index (χ0n) is 15.7. The van der Waals surface area contributed by atoms with Crippen molar-refractivity contribution in [2.75, 3.05) is 0 Å². The predicted octanol–water partition coefficient (Wildman–Crippen LogP) is 4.63. The Morgan fingerprint density at radius 3 is 2.62 bits per heavy atom. The average Bonchev–Trinajstić information content (AvgIpc) is 3.19. The molecule has 0 spiro atoms. The van der Waals surface area contributed by atoms with Crippen LogP contribution in [0.1, 0.15) is 27.2 Å². The van der Waals surface area contributed by atoms with Crippen molar-refractivity contribution >= 4 is 16.9 Å². The Balaban J connectivity index is 1.48. The third-order valence-electron chi connectivity index (χ3n) is 4.41. The zero-order chi connectivity index (χ0) is 20.2. The van der Waals surface area contributed by atoms with Gasteiger partial charge in [-0.15, -0.1) is 0 Å². The summed E-state index contributed by atoms with van der Waals surface area (Å²) in [6.45, 7) is 1.99. The van der Waals surface area contributed by atoms with Crippen LogP contribution in [-0.2, 0) is 18.0 Å². The molecular weight excluding hydrogens is 372 g/mol. The summed E-state index contributed by atoms with van der Waals surface area (Å²) in [7, 11) is 0. The number of fused-ring (bicyclic) bond motifs is 1. The molecule has 4 rings (SSSR count). The van der Waals surface area contributed by atoms with Crippen molar-refractivity contribution in [1.82, 2.24) is 0 Å². The number of esters is 1. The van der Waals surface area contributed by atoms with Gasteiger partial charge < -0.3 is 18.3 Å². The molecule has 6 nitrogen and oxygen atoms in total. The lowest BCUT2D eigenvalue weighted by Crippen LogP contribution is -2.10. The summed E-state index contributed by atoms with van der Waals surface area (Å²) in [5.41, 5.74) is 2.07. The molecule has 6 heteroatoms. The second-order valence-electron chi connectivity index (χ2n) is 6.54. The summed E-state index contributed by atoms with van der Waals surface area (Å²) >= 11 is 0. The highest BCUT2D eigenvalue weighted by atomic mass is 16.5. The van der Waals surface area contributed by atoms with E-state index >= 15 is 0 Å². The van der Waals surface area contributed by atoms with Crippen molar-refractivity contribution in [2.45, 2.75) is 20.1 Å². The molecule has 4 aromatic rings. The van der Waals surface area contributed by atoms with Crippen molar-refractivity contribution in [3.8, 4) is 5.75 Å². The van der Waals surface area contributed by atoms with Gasteiger partial charge in [-0.3, -0.25) is 0 Å². The molecule has 0 fully saturated rings. The van der Waals surface area contributed by atoms with E-state index in [0.29, 0.717) is 22.5 Å². The van der Waals surface area contributed by atoms with Crippen LogP contribution in [0.4, 0.5) is 0 Å². The van der Waals surface area contributed by atoms with Gasteiger partial charge in [-0.25, -0.2) is 9.59 Å². The van der Waals surface area contributed by atoms with Crippen LogP contribution in [0.2, 0.25) is 0 Å². The van der Waals surface area contributed by atoms with Gasteiger partial charge in [0.15, 0.2) is 0 Å². The van der Waals surface area contributed by atoms with E-state index in [1.807, 2.05) is 49.4 Å². The fraction of sp³-hybridized carbons (Fsp3) is 0.130. The molecule has 0 aliphatic carbocycles. The van der Waals surface area contributed by atoms with E-state index in [-0.39, 0.29) is 19.0 Å². The number of rotatable bonds is 6. The van der Waals surface area contributed by atoms with Crippen LogP contribution < -0.4 is 10.4 Å². The smallest absolute Gasteiger partial charge is 0.374 e. The van der Waals surface area contributed by atoms with Crippen molar-refractivity contribution in [1.29, 1.82) is 0 Å². The van der Waals surface area contributed by atoms with Gasteiger partial charge in [-0.1, -0.05) is 30.3 Å². The topological polar surface area (TPSA) is 78.9 Å². The predicted molar refractivity (Wildman–Crippen MR) is 106 cm³/mol. The summed E-state index contributed by atoms with van der Waals surface area (Å²) in [6, 6.07) is 17.8. The van der Waals surface area contributed by atoms with Crippen molar-refractivity contribution in [2.24, 2.45) is 0 Å². The highest BCUT2D eigenvalue weighted by Gasteiger charge is 2.18. The largest absolute Gasteiger partial charge is 0.489 e. The summed E-state index contributed by atoms with van der Waals surface area (Å²) in [4.78, 5) is 24.3. The zero-order valence-corrected chi connectivity index (χ0v) is 15.7. The number of hydrogen-bond donors (Lipinski definition) is 0. The minimum Gasteiger partial charge on any atom is -0.489 e. The molecule has 0 atom stereocenters. The number of aryl methyl sites for hydroxylation is 1. The quantitative estimate of drug-likeness (QED) is 0.353. The first-order chi connectivity index (χ1) is 14.1. The van der Waals surface area contributed by atoms with E-state index in [4.69, 9.17) is 18.3 Å². The summed E-state index contributed by atoms with van der Waals surface area (Å²) < 4.78 is 21.6. The lowest BCUT2D eigenvalue weighted by atomic mass is 10.1. The van der Waals surface area contributed by atoms with Crippen LogP contribution in [-0.4, -0.2) is 5.97 Å². The van der Waals surface area contributed by atoms with Gasteiger partial charge in [0.2, 0.25) is 5.76 Å². The molecule has 0 aliphatic heterocycles. The van der Waals surface area contributed by atoms with Crippen LogP contribution in [0.15, 0.2) is 80.6 Å². The minimum atomic E-state index is -0.629. The Bertz CT molecular complexity index is 1200.